The van der Waals surface area contributed by atoms with Crippen LogP contribution in [0.15, 0.2) is 12.2 Å². The van der Waals surface area contributed by atoms with E-state index >= 15 is 0 Å². The molecule has 1 spiro atoms. The van der Waals surface area contributed by atoms with Crippen LogP contribution in [0, 0.1) is 17.3 Å². The molecule has 0 aromatic rings. The Balaban J connectivity index is 2.13. The Kier molecular flexibility index (Phi) is 0.627. The smallest absolute Gasteiger partial charge is 0.147 e. The SMILES string of the molecule is O=C1C2C=CC3CCC12C3. The molecule has 0 heterocycles. The predicted molar refractivity (Wildman–Crippen MR) is 37.4 cm³/mol. The monoisotopic (exact) mass is 134 g/mol. The van der Waals surface area contributed by atoms with Crippen LogP contribution in [-0.4, -0.2) is 5.78 Å². The van der Waals surface area contributed by atoms with Crippen LogP contribution < -0.4 is 0 Å². The molecule has 1 heteroatoms. The number of rotatable bonds is 0. The summed E-state index contributed by atoms with van der Waals surface area (Å²) in [5.74, 6) is 1.64. The van der Waals surface area contributed by atoms with Gasteiger partial charge in [-0.05, 0) is 25.2 Å². The molecule has 2 saturated carbocycles. The number of carbonyl (C=O) groups is 1. The summed E-state index contributed by atoms with van der Waals surface area (Å²) in [4.78, 5) is 11.2. The molecular formula is C9H10O. The Hall–Kier alpha value is -0.590. The third kappa shape index (κ3) is 0.352. The Morgan fingerprint density at radius 1 is 1.50 bits per heavy atom. The van der Waals surface area contributed by atoms with Gasteiger partial charge in [-0.2, -0.15) is 0 Å². The molecule has 0 amide bonds. The van der Waals surface area contributed by atoms with E-state index in [1.54, 1.807) is 0 Å². The molecule has 3 atom stereocenters. The molecule has 2 fully saturated rings. The fourth-order valence-electron chi connectivity index (χ4n) is 2.74. The number of carbonyl (C=O) groups excluding carboxylic acids is 1. The molecule has 0 aromatic carbocycles. The average Bonchev–Trinajstić information content (AvgIpc) is 2.35. The van der Waals surface area contributed by atoms with E-state index in [-0.39, 0.29) is 5.41 Å². The number of fused-ring (bicyclic) bond motifs is 1. The van der Waals surface area contributed by atoms with E-state index in [4.69, 9.17) is 0 Å². The molecule has 52 valence electrons. The van der Waals surface area contributed by atoms with Crippen molar-refractivity contribution in [3.05, 3.63) is 12.2 Å². The maximum Gasteiger partial charge on any atom is 0.147 e. The van der Waals surface area contributed by atoms with Crippen LogP contribution in [0.5, 0.6) is 0 Å². The van der Waals surface area contributed by atoms with Gasteiger partial charge in [0.05, 0.1) is 0 Å². The van der Waals surface area contributed by atoms with Gasteiger partial charge < -0.3 is 0 Å². The van der Waals surface area contributed by atoms with Crippen molar-refractivity contribution in [3.8, 4) is 0 Å². The zero-order valence-electron chi connectivity index (χ0n) is 5.84. The van der Waals surface area contributed by atoms with Crippen molar-refractivity contribution in [3.63, 3.8) is 0 Å². The highest BCUT2D eigenvalue weighted by molar-refractivity contribution is 6.06. The van der Waals surface area contributed by atoms with Gasteiger partial charge in [0.25, 0.3) is 0 Å². The van der Waals surface area contributed by atoms with Gasteiger partial charge >= 0.3 is 0 Å². The highest BCUT2D eigenvalue weighted by Gasteiger charge is 2.66. The largest absolute Gasteiger partial charge is 0.298 e. The van der Waals surface area contributed by atoms with Crippen molar-refractivity contribution in [2.24, 2.45) is 17.3 Å². The summed E-state index contributed by atoms with van der Waals surface area (Å²) in [6, 6.07) is 0. The Labute approximate surface area is 60.1 Å². The lowest BCUT2D eigenvalue weighted by atomic mass is 9.95. The summed E-state index contributed by atoms with van der Waals surface area (Å²) in [5.41, 5.74) is 0.194. The van der Waals surface area contributed by atoms with Gasteiger partial charge in [0, 0.05) is 11.3 Å². The van der Waals surface area contributed by atoms with Crippen molar-refractivity contribution < 1.29 is 4.79 Å². The first kappa shape index (κ1) is 5.11. The summed E-state index contributed by atoms with van der Waals surface area (Å²) in [5, 5.41) is 0. The van der Waals surface area contributed by atoms with Gasteiger partial charge in [-0.3, -0.25) is 4.79 Å². The van der Waals surface area contributed by atoms with Gasteiger partial charge in [0.15, 0.2) is 0 Å². The number of hydrogen-bond acceptors (Lipinski definition) is 1. The molecule has 0 radical (unpaired) electrons. The Morgan fingerprint density at radius 3 is 3.20 bits per heavy atom. The maximum absolute atomic E-state index is 11.2. The zero-order valence-corrected chi connectivity index (χ0v) is 5.84. The van der Waals surface area contributed by atoms with E-state index in [1.165, 1.54) is 19.3 Å². The molecule has 3 aliphatic carbocycles. The fourth-order valence-corrected chi connectivity index (χ4v) is 2.74. The third-order valence-electron chi connectivity index (χ3n) is 3.45. The van der Waals surface area contributed by atoms with Crippen molar-refractivity contribution in [2.75, 3.05) is 0 Å². The molecule has 10 heavy (non-hydrogen) atoms. The lowest BCUT2D eigenvalue weighted by Gasteiger charge is -2.07. The molecule has 3 rings (SSSR count). The molecule has 0 aromatic heterocycles. The van der Waals surface area contributed by atoms with Gasteiger partial charge in [-0.15, -0.1) is 0 Å². The van der Waals surface area contributed by atoms with Crippen LogP contribution in [0.2, 0.25) is 0 Å². The van der Waals surface area contributed by atoms with Gasteiger partial charge in [0.2, 0.25) is 0 Å². The first-order chi connectivity index (χ1) is 4.83. The van der Waals surface area contributed by atoms with Crippen LogP contribution in [0.3, 0.4) is 0 Å². The Morgan fingerprint density at radius 2 is 2.40 bits per heavy atom. The van der Waals surface area contributed by atoms with Crippen molar-refractivity contribution in [1.82, 2.24) is 0 Å². The van der Waals surface area contributed by atoms with E-state index < -0.39 is 0 Å². The van der Waals surface area contributed by atoms with Crippen molar-refractivity contribution in [1.29, 1.82) is 0 Å². The third-order valence-corrected chi connectivity index (χ3v) is 3.45. The van der Waals surface area contributed by atoms with Crippen LogP contribution in [0.25, 0.3) is 0 Å². The van der Waals surface area contributed by atoms with Crippen molar-refractivity contribution in [2.45, 2.75) is 19.3 Å². The molecule has 3 unspecified atom stereocenters. The molecule has 0 saturated heterocycles. The summed E-state index contributed by atoms with van der Waals surface area (Å²) in [6.45, 7) is 0. The molecule has 1 nitrogen and oxygen atoms in total. The van der Waals surface area contributed by atoms with Gasteiger partial charge in [-0.25, -0.2) is 0 Å². The van der Waals surface area contributed by atoms with Gasteiger partial charge in [0.1, 0.15) is 5.78 Å². The van der Waals surface area contributed by atoms with E-state index in [9.17, 15) is 4.79 Å². The van der Waals surface area contributed by atoms with E-state index in [0.29, 0.717) is 11.7 Å². The second-order valence-electron chi connectivity index (χ2n) is 3.89. The maximum atomic E-state index is 11.2. The highest BCUT2D eigenvalue weighted by Crippen LogP contribution is 2.64. The van der Waals surface area contributed by atoms with Crippen LogP contribution in [0.4, 0.5) is 0 Å². The fraction of sp³-hybridized carbons (Fsp3) is 0.667. The van der Waals surface area contributed by atoms with E-state index in [0.717, 1.165) is 5.92 Å². The van der Waals surface area contributed by atoms with Crippen LogP contribution in [0.1, 0.15) is 19.3 Å². The zero-order chi connectivity index (χ0) is 6.77. The number of Topliss-reactive ketones (excluding diaryl/α,β-unsaturated/α-hetero) is 1. The first-order valence-corrected chi connectivity index (χ1v) is 4.06. The molecular weight excluding hydrogens is 124 g/mol. The number of allylic oxidation sites excluding steroid dienone is 2. The first-order valence-electron chi connectivity index (χ1n) is 4.06. The minimum atomic E-state index is 0.194. The molecule has 0 N–H and O–H groups in total. The molecule has 0 aliphatic heterocycles. The minimum Gasteiger partial charge on any atom is -0.298 e. The van der Waals surface area contributed by atoms with E-state index in [2.05, 4.69) is 12.2 Å². The second-order valence-corrected chi connectivity index (χ2v) is 3.89. The predicted octanol–water partition coefficient (Wildman–Crippen LogP) is 1.54. The summed E-state index contributed by atoms with van der Waals surface area (Å²) >= 11 is 0. The summed E-state index contributed by atoms with van der Waals surface area (Å²) < 4.78 is 0. The quantitative estimate of drug-likeness (QED) is 0.459. The van der Waals surface area contributed by atoms with E-state index in [1.807, 2.05) is 0 Å². The van der Waals surface area contributed by atoms with Gasteiger partial charge in [-0.1, -0.05) is 12.2 Å². The summed E-state index contributed by atoms with van der Waals surface area (Å²) in [6.07, 6.45) is 8.00. The normalized spacial score (nSPS) is 55.0. The molecule has 3 aliphatic rings. The lowest BCUT2D eigenvalue weighted by Crippen LogP contribution is -2.01. The Bertz CT molecular complexity index is 241. The number of hydrogen-bond donors (Lipinski definition) is 0. The van der Waals surface area contributed by atoms with Crippen LogP contribution in [-0.2, 0) is 4.79 Å². The number of ketones is 1. The van der Waals surface area contributed by atoms with Crippen LogP contribution >= 0.6 is 0 Å². The summed E-state index contributed by atoms with van der Waals surface area (Å²) in [7, 11) is 0. The lowest BCUT2D eigenvalue weighted by molar-refractivity contribution is -0.113. The van der Waals surface area contributed by atoms with Crippen molar-refractivity contribution >= 4 is 5.78 Å². The minimum absolute atomic E-state index is 0.194. The average molecular weight is 134 g/mol. The second kappa shape index (κ2) is 1.23. The topological polar surface area (TPSA) is 17.1 Å². The molecule has 2 bridgehead atoms. The standard InChI is InChI=1S/C9H10O/c10-8-7-2-1-6-3-4-9(7,8)5-6/h1-2,6-7H,3-5H2. The highest BCUT2D eigenvalue weighted by atomic mass is 16.1.